The third-order valence-corrected chi connectivity index (χ3v) is 6.09. The van der Waals surface area contributed by atoms with Gasteiger partial charge in [0.25, 0.3) is 5.91 Å². The molecule has 2 amide bonds. The molecule has 7 nitrogen and oxygen atoms in total. The average molecular weight is 542 g/mol. The molecular weight excluding hydrogens is 494 g/mol. The van der Waals surface area contributed by atoms with Crippen molar-refractivity contribution in [3.05, 3.63) is 76.6 Å². The number of thioether (sulfide) groups is 1. The van der Waals surface area contributed by atoms with Crippen LogP contribution in [-0.2, 0) is 4.79 Å². The molecule has 1 aliphatic rings. The highest BCUT2D eigenvalue weighted by Crippen LogP contribution is 2.27. The summed E-state index contributed by atoms with van der Waals surface area (Å²) in [6.45, 7) is 18.4. The Labute approximate surface area is 234 Å². The lowest BCUT2D eigenvalue weighted by Crippen LogP contribution is -2.29. The van der Waals surface area contributed by atoms with E-state index in [9.17, 15) is 4.79 Å². The number of rotatable bonds is 7. The molecule has 0 radical (unpaired) electrons. The van der Waals surface area contributed by atoms with Gasteiger partial charge >= 0.3 is 0 Å². The standard InChI is InChI=1S/C17H24N4OS.C10H14.C2H6.CH3NO/c1-12(2)9-15(23-3)20-14-10-13(11-19-16(14)17(18)22)21-7-5-4-6-8-21;1-8(2)10-6-4-9(3)5-7-10;1-2;2-1-3/h9-11,20H,1,4-8H2,2-3H3,(H2,18,22);4-8H,1-3H3;1-2H3;1H,(H2,2,3)/b15-9-;;;. The SMILES string of the molecule is C=C(C)/C=C(/Nc1cc(N2CCCCC2)cnc1C(N)=O)SC.CC.Cc1ccc(C(C)C)cc1.NC=O. The van der Waals surface area contributed by atoms with Crippen LogP contribution in [0.5, 0.6) is 0 Å². The van der Waals surface area contributed by atoms with Crippen LogP contribution in [0, 0.1) is 6.92 Å². The maximum absolute atomic E-state index is 11.7. The summed E-state index contributed by atoms with van der Waals surface area (Å²) in [5.74, 6) is 0.120. The van der Waals surface area contributed by atoms with E-state index >= 15 is 0 Å². The van der Waals surface area contributed by atoms with Crippen molar-refractivity contribution < 1.29 is 9.59 Å². The molecule has 0 saturated carbocycles. The molecule has 38 heavy (non-hydrogen) atoms. The molecule has 0 bridgehead atoms. The van der Waals surface area contributed by atoms with Crippen LogP contribution in [0.4, 0.5) is 11.4 Å². The highest BCUT2D eigenvalue weighted by atomic mass is 32.2. The van der Waals surface area contributed by atoms with Crippen LogP contribution in [0.1, 0.15) is 81.4 Å². The molecule has 0 aliphatic carbocycles. The highest BCUT2D eigenvalue weighted by molar-refractivity contribution is 8.02. The Bertz CT molecular complexity index is 1010. The van der Waals surface area contributed by atoms with Gasteiger partial charge in [-0.05, 0) is 63.0 Å². The van der Waals surface area contributed by atoms with E-state index in [-0.39, 0.29) is 12.1 Å². The van der Waals surface area contributed by atoms with Crippen LogP contribution < -0.4 is 21.7 Å². The van der Waals surface area contributed by atoms with Crippen molar-refractivity contribution >= 4 is 35.5 Å². The minimum absolute atomic E-state index is 0.250. The number of nitrogens with zero attached hydrogens (tertiary/aromatic N) is 2. The summed E-state index contributed by atoms with van der Waals surface area (Å²) in [4.78, 5) is 26.8. The minimum atomic E-state index is -0.534. The van der Waals surface area contributed by atoms with Crippen LogP contribution in [0.3, 0.4) is 0 Å². The predicted molar refractivity (Wildman–Crippen MR) is 166 cm³/mol. The average Bonchev–Trinajstić information content (AvgIpc) is 2.90. The Morgan fingerprint density at radius 3 is 2.16 bits per heavy atom. The molecule has 2 aromatic rings. The van der Waals surface area contributed by atoms with Crippen molar-refractivity contribution in [3.63, 3.8) is 0 Å². The lowest BCUT2D eigenvalue weighted by molar-refractivity contribution is -0.106. The van der Waals surface area contributed by atoms with Gasteiger partial charge < -0.3 is 21.7 Å². The number of nitrogens with two attached hydrogens (primary N) is 2. The van der Waals surface area contributed by atoms with E-state index < -0.39 is 5.91 Å². The van der Waals surface area contributed by atoms with Crippen molar-refractivity contribution in [2.45, 2.75) is 66.7 Å². The lowest BCUT2D eigenvalue weighted by Gasteiger charge is -2.29. The molecule has 2 heterocycles. The van der Waals surface area contributed by atoms with E-state index in [2.05, 4.69) is 72.5 Å². The molecule has 210 valence electrons. The first-order valence-corrected chi connectivity index (χ1v) is 14.3. The van der Waals surface area contributed by atoms with Crippen LogP contribution in [0.25, 0.3) is 0 Å². The summed E-state index contributed by atoms with van der Waals surface area (Å²) >= 11 is 1.55. The third kappa shape index (κ3) is 13.3. The van der Waals surface area contributed by atoms with Crippen LogP contribution in [0.2, 0.25) is 0 Å². The minimum Gasteiger partial charge on any atom is -0.372 e. The molecule has 1 fully saturated rings. The number of aromatic nitrogens is 1. The van der Waals surface area contributed by atoms with E-state index in [1.807, 2.05) is 39.2 Å². The zero-order chi connectivity index (χ0) is 29.1. The van der Waals surface area contributed by atoms with E-state index in [0.29, 0.717) is 11.6 Å². The van der Waals surface area contributed by atoms with Crippen molar-refractivity contribution in [2.75, 3.05) is 29.6 Å². The summed E-state index contributed by atoms with van der Waals surface area (Å²) in [5, 5.41) is 4.16. The number of benzene rings is 1. The summed E-state index contributed by atoms with van der Waals surface area (Å²) in [5.41, 5.74) is 15.2. The Morgan fingerprint density at radius 1 is 1.16 bits per heavy atom. The number of hydrogen-bond acceptors (Lipinski definition) is 6. The van der Waals surface area contributed by atoms with E-state index in [0.717, 1.165) is 29.4 Å². The summed E-state index contributed by atoms with van der Waals surface area (Å²) in [6.07, 6.45) is 9.53. The number of carbonyl (C=O) groups excluding carboxylic acids is 2. The first-order chi connectivity index (χ1) is 18.1. The fraction of sp³-hybridized carbons (Fsp3) is 0.433. The number of carbonyl (C=O) groups is 2. The molecule has 8 heteroatoms. The molecule has 0 atom stereocenters. The van der Waals surface area contributed by atoms with Crippen molar-refractivity contribution in [1.29, 1.82) is 0 Å². The molecule has 1 aromatic carbocycles. The Morgan fingerprint density at radius 2 is 1.71 bits per heavy atom. The number of nitrogens with one attached hydrogen (secondary N) is 1. The quantitative estimate of drug-likeness (QED) is 0.268. The molecule has 1 aromatic heterocycles. The monoisotopic (exact) mass is 541 g/mol. The molecule has 3 rings (SSSR count). The maximum atomic E-state index is 11.7. The number of piperidine rings is 1. The fourth-order valence-corrected chi connectivity index (χ4v) is 4.06. The Kier molecular flexibility index (Phi) is 18.1. The predicted octanol–water partition coefficient (Wildman–Crippen LogP) is 6.61. The number of anilines is 2. The second-order valence-electron chi connectivity index (χ2n) is 8.89. The number of aryl methyl sites for hydroxylation is 1. The summed E-state index contributed by atoms with van der Waals surface area (Å²) < 4.78 is 0. The summed E-state index contributed by atoms with van der Waals surface area (Å²) in [6, 6.07) is 10.7. The zero-order valence-corrected chi connectivity index (χ0v) is 25.0. The second-order valence-corrected chi connectivity index (χ2v) is 9.74. The first-order valence-electron chi connectivity index (χ1n) is 13.1. The Balaban J connectivity index is 0.000000756. The molecule has 1 saturated heterocycles. The van der Waals surface area contributed by atoms with E-state index in [1.165, 1.54) is 30.4 Å². The second kappa shape index (κ2) is 19.8. The highest BCUT2D eigenvalue weighted by Gasteiger charge is 2.16. The molecule has 0 spiro atoms. The van der Waals surface area contributed by atoms with Gasteiger partial charge in [-0.25, -0.2) is 4.98 Å². The topological polar surface area (TPSA) is 114 Å². The largest absolute Gasteiger partial charge is 0.372 e. The molecule has 1 aliphatic heterocycles. The van der Waals surface area contributed by atoms with Crippen molar-refractivity contribution in [2.24, 2.45) is 11.5 Å². The van der Waals surface area contributed by atoms with Gasteiger partial charge in [-0.3, -0.25) is 9.59 Å². The maximum Gasteiger partial charge on any atom is 0.269 e. The van der Waals surface area contributed by atoms with Crippen LogP contribution in [0.15, 0.2) is 59.8 Å². The van der Waals surface area contributed by atoms with Crippen LogP contribution >= 0.6 is 11.8 Å². The smallest absolute Gasteiger partial charge is 0.269 e. The Hall–Kier alpha value is -3.26. The third-order valence-electron chi connectivity index (χ3n) is 5.43. The van der Waals surface area contributed by atoms with Crippen molar-refractivity contribution in [1.82, 2.24) is 4.98 Å². The molecular formula is C30H47N5O2S. The molecule has 5 N–H and O–H groups in total. The normalized spacial score (nSPS) is 12.5. The summed E-state index contributed by atoms with van der Waals surface area (Å²) in [7, 11) is 0. The van der Waals surface area contributed by atoms with Gasteiger partial charge in [0.1, 0.15) is 0 Å². The van der Waals surface area contributed by atoms with Gasteiger partial charge in [-0.1, -0.05) is 69.7 Å². The van der Waals surface area contributed by atoms with Crippen molar-refractivity contribution in [3.8, 4) is 0 Å². The number of allylic oxidation sites excluding steroid dienone is 2. The number of amides is 2. The zero-order valence-electron chi connectivity index (χ0n) is 24.2. The molecule has 0 unspecified atom stereocenters. The fourth-order valence-electron chi connectivity index (χ4n) is 3.52. The lowest BCUT2D eigenvalue weighted by atomic mass is 10.0. The van der Waals surface area contributed by atoms with E-state index in [1.54, 1.807) is 18.0 Å². The number of pyridine rings is 1. The number of hydrogen-bond donors (Lipinski definition) is 3. The van der Waals surface area contributed by atoms with Crippen LogP contribution in [-0.4, -0.2) is 36.6 Å². The van der Waals surface area contributed by atoms with E-state index in [4.69, 9.17) is 10.5 Å². The number of primary amides is 2. The van der Waals surface area contributed by atoms with Gasteiger partial charge in [0, 0.05) is 13.1 Å². The van der Waals surface area contributed by atoms with Gasteiger partial charge in [0.2, 0.25) is 6.41 Å². The first kappa shape index (κ1) is 34.7. The van der Waals surface area contributed by atoms with Gasteiger partial charge in [-0.15, -0.1) is 11.8 Å². The van der Waals surface area contributed by atoms with Gasteiger partial charge in [-0.2, -0.15) is 0 Å². The van der Waals surface area contributed by atoms with Gasteiger partial charge in [0.15, 0.2) is 5.69 Å². The van der Waals surface area contributed by atoms with Gasteiger partial charge in [0.05, 0.1) is 22.6 Å².